The van der Waals surface area contributed by atoms with E-state index in [0.29, 0.717) is 0 Å². The van der Waals surface area contributed by atoms with Gasteiger partial charge in [0.25, 0.3) is 0 Å². The lowest BCUT2D eigenvalue weighted by Crippen LogP contribution is -2.38. The van der Waals surface area contributed by atoms with Gasteiger partial charge in [-0.15, -0.1) is 11.8 Å². The van der Waals surface area contributed by atoms with Gasteiger partial charge < -0.3 is 10.6 Å². The highest BCUT2D eigenvalue weighted by Gasteiger charge is 2.00. The lowest BCUT2D eigenvalue weighted by molar-refractivity contribution is 0.570. The molecule has 0 unspecified atom stereocenters. The Morgan fingerprint density at radius 2 is 1.96 bits per heavy atom. The van der Waals surface area contributed by atoms with Crippen molar-refractivity contribution in [2.75, 3.05) is 25.9 Å². The maximum atomic E-state index is 4.26. The summed E-state index contributed by atoms with van der Waals surface area (Å²) in [4.78, 5) is 5.57. The normalized spacial score (nSPS) is 11.5. The fraction of sp³-hybridized carbons (Fsp3) is 0.444. The number of aryl methyl sites for hydroxylation is 1. The van der Waals surface area contributed by atoms with Crippen molar-refractivity contribution in [3.05, 3.63) is 47.2 Å². The van der Waals surface area contributed by atoms with Gasteiger partial charge in [0.15, 0.2) is 5.96 Å². The van der Waals surface area contributed by atoms with Crippen molar-refractivity contribution in [2.45, 2.75) is 30.7 Å². The van der Waals surface area contributed by atoms with Crippen LogP contribution in [-0.2, 0) is 6.54 Å². The number of nitrogens with one attached hydrogen (secondary N) is 2. The number of aromatic nitrogens is 2. The highest BCUT2D eigenvalue weighted by molar-refractivity contribution is 9.10. The van der Waals surface area contributed by atoms with E-state index < -0.39 is 0 Å². The zero-order valence-corrected chi connectivity index (χ0v) is 17.0. The fourth-order valence-electron chi connectivity index (χ4n) is 2.28. The van der Waals surface area contributed by atoms with Gasteiger partial charge in [-0.1, -0.05) is 12.1 Å². The molecule has 2 N–H and O–H groups in total. The molecular formula is C18H26BrN5S. The van der Waals surface area contributed by atoms with Crippen LogP contribution in [0.3, 0.4) is 0 Å². The molecule has 1 aromatic carbocycles. The molecule has 0 amide bonds. The van der Waals surface area contributed by atoms with Crippen LogP contribution in [-0.4, -0.2) is 41.6 Å². The maximum Gasteiger partial charge on any atom is 0.190 e. The average Bonchev–Trinajstić information content (AvgIpc) is 3.14. The molecule has 25 heavy (non-hydrogen) atoms. The van der Waals surface area contributed by atoms with Gasteiger partial charge in [-0.25, -0.2) is 0 Å². The van der Waals surface area contributed by atoms with Crippen LogP contribution < -0.4 is 10.6 Å². The highest BCUT2D eigenvalue weighted by Crippen LogP contribution is 2.27. The summed E-state index contributed by atoms with van der Waals surface area (Å²) >= 11 is 5.49. The van der Waals surface area contributed by atoms with Crippen molar-refractivity contribution in [1.82, 2.24) is 20.4 Å². The molecule has 0 saturated carbocycles. The van der Waals surface area contributed by atoms with Crippen LogP contribution in [0.2, 0.25) is 0 Å². The Morgan fingerprint density at radius 1 is 1.16 bits per heavy atom. The van der Waals surface area contributed by atoms with E-state index in [9.17, 15) is 0 Å². The van der Waals surface area contributed by atoms with Crippen LogP contribution in [0.25, 0.3) is 0 Å². The second kappa shape index (κ2) is 12.0. The highest BCUT2D eigenvalue weighted by atomic mass is 79.9. The predicted octanol–water partition coefficient (Wildman–Crippen LogP) is 3.77. The first-order chi connectivity index (χ1) is 12.3. The molecule has 1 aromatic heterocycles. The van der Waals surface area contributed by atoms with Crippen molar-refractivity contribution < 1.29 is 0 Å². The topological polar surface area (TPSA) is 54.2 Å². The fourth-order valence-corrected chi connectivity index (χ4v) is 3.86. The van der Waals surface area contributed by atoms with Crippen LogP contribution in [0.1, 0.15) is 19.3 Å². The number of guanidine groups is 1. The molecule has 2 rings (SSSR count). The Bertz CT molecular complexity index is 630. The van der Waals surface area contributed by atoms with Crippen LogP contribution in [0, 0.1) is 0 Å². The number of benzene rings is 1. The first-order valence-electron chi connectivity index (χ1n) is 8.59. The van der Waals surface area contributed by atoms with Crippen molar-refractivity contribution in [3.8, 4) is 0 Å². The lowest BCUT2D eigenvalue weighted by atomic mass is 10.3. The Hall–Kier alpha value is -1.47. The second-order valence-electron chi connectivity index (χ2n) is 5.53. The molecule has 0 bridgehead atoms. The first kappa shape index (κ1) is 19.8. The smallest absolute Gasteiger partial charge is 0.190 e. The molecule has 0 radical (unpaired) electrons. The molecule has 2 aromatic rings. The van der Waals surface area contributed by atoms with Gasteiger partial charge in [0, 0.05) is 48.4 Å². The minimum absolute atomic E-state index is 0.874. The molecule has 0 atom stereocenters. The molecular weight excluding hydrogens is 398 g/mol. The zero-order chi connectivity index (χ0) is 17.7. The summed E-state index contributed by atoms with van der Waals surface area (Å²) < 4.78 is 3.12. The van der Waals surface area contributed by atoms with Crippen LogP contribution in [0.15, 0.2) is 57.1 Å². The third kappa shape index (κ3) is 7.96. The van der Waals surface area contributed by atoms with Gasteiger partial charge in [0.05, 0.1) is 0 Å². The van der Waals surface area contributed by atoms with Gasteiger partial charge in [-0.05, 0) is 59.1 Å². The molecule has 0 saturated heterocycles. The van der Waals surface area contributed by atoms with Gasteiger partial charge in [0.2, 0.25) is 0 Å². The number of hydrogen-bond acceptors (Lipinski definition) is 3. The van der Waals surface area contributed by atoms with E-state index >= 15 is 0 Å². The Morgan fingerprint density at radius 3 is 2.68 bits per heavy atom. The first-order valence-corrected chi connectivity index (χ1v) is 10.4. The molecule has 1 heterocycles. The molecule has 0 spiro atoms. The van der Waals surface area contributed by atoms with Crippen molar-refractivity contribution in [2.24, 2.45) is 4.99 Å². The summed E-state index contributed by atoms with van der Waals surface area (Å²) in [5, 5.41) is 10.9. The van der Waals surface area contributed by atoms with Crippen LogP contribution in [0.5, 0.6) is 0 Å². The number of hydrogen-bond donors (Lipinski definition) is 2. The number of aliphatic imine (C=N–C) groups is 1. The van der Waals surface area contributed by atoms with E-state index in [2.05, 4.69) is 54.9 Å². The Labute approximate surface area is 162 Å². The summed E-state index contributed by atoms with van der Waals surface area (Å²) in [5.41, 5.74) is 0. The van der Waals surface area contributed by atoms with Gasteiger partial charge in [0.1, 0.15) is 0 Å². The molecule has 0 fully saturated rings. The van der Waals surface area contributed by atoms with E-state index in [0.717, 1.165) is 44.2 Å². The summed E-state index contributed by atoms with van der Waals surface area (Å²) in [6, 6.07) is 10.3. The minimum Gasteiger partial charge on any atom is -0.356 e. The molecule has 0 aliphatic carbocycles. The predicted molar refractivity (Wildman–Crippen MR) is 110 cm³/mol. The van der Waals surface area contributed by atoms with Crippen molar-refractivity contribution in [3.63, 3.8) is 0 Å². The lowest BCUT2D eigenvalue weighted by Gasteiger charge is -2.12. The Balaban J connectivity index is 1.50. The molecule has 0 aliphatic heterocycles. The number of halogens is 1. The molecule has 7 heteroatoms. The largest absolute Gasteiger partial charge is 0.356 e. The van der Waals surface area contributed by atoms with E-state index in [1.54, 1.807) is 0 Å². The maximum absolute atomic E-state index is 4.26. The molecule has 5 nitrogen and oxygen atoms in total. The van der Waals surface area contributed by atoms with Crippen LogP contribution in [0.4, 0.5) is 0 Å². The van der Waals surface area contributed by atoms with Gasteiger partial charge in [-0.2, -0.15) is 5.10 Å². The summed E-state index contributed by atoms with van der Waals surface area (Å²) in [6.45, 7) is 2.75. The van der Waals surface area contributed by atoms with E-state index in [-0.39, 0.29) is 0 Å². The Kier molecular flexibility index (Phi) is 9.51. The number of rotatable bonds is 10. The van der Waals surface area contributed by atoms with E-state index in [1.807, 2.05) is 48.0 Å². The summed E-state index contributed by atoms with van der Waals surface area (Å²) in [7, 11) is 1.81. The van der Waals surface area contributed by atoms with Gasteiger partial charge in [-0.3, -0.25) is 9.67 Å². The summed E-state index contributed by atoms with van der Waals surface area (Å²) in [5.74, 6) is 2.00. The van der Waals surface area contributed by atoms with E-state index in [1.165, 1.54) is 15.8 Å². The average molecular weight is 424 g/mol. The van der Waals surface area contributed by atoms with Crippen LogP contribution >= 0.6 is 27.7 Å². The standard InChI is InChI=1S/C18H26BrN5S/c1-20-18(22-11-6-13-24-14-7-12-23-24)21-10-4-5-15-25-17-9-3-2-8-16(17)19/h2-3,7-9,12,14H,4-6,10-11,13,15H2,1H3,(H2,20,21,22). The number of thioether (sulfide) groups is 1. The molecule has 136 valence electrons. The van der Waals surface area contributed by atoms with Gasteiger partial charge >= 0.3 is 0 Å². The minimum atomic E-state index is 0.874. The summed E-state index contributed by atoms with van der Waals surface area (Å²) in [6.07, 6.45) is 7.12. The van der Waals surface area contributed by atoms with Crippen molar-refractivity contribution >= 4 is 33.7 Å². The third-order valence-corrected chi connectivity index (χ3v) is 5.71. The monoisotopic (exact) mass is 423 g/mol. The quantitative estimate of drug-likeness (QED) is 0.264. The second-order valence-corrected chi connectivity index (χ2v) is 7.53. The zero-order valence-electron chi connectivity index (χ0n) is 14.6. The molecule has 0 aliphatic rings. The third-order valence-electron chi connectivity index (χ3n) is 3.60. The van der Waals surface area contributed by atoms with E-state index in [4.69, 9.17) is 0 Å². The number of nitrogens with zero attached hydrogens (tertiary/aromatic N) is 3. The SMILES string of the molecule is CN=C(NCCCCSc1ccccc1Br)NCCCn1cccn1. The van der Waals surface area contributed by atoms with Crippen molar-refractivity contribution in [1.29, 1.82) is 0 Å². The number of unbranched alkanes of at least 4 members (excludes halogenated alkanes) is 1.